The lowest BCUT2D eigenvalue weighted by atomic mass is 9.68. The average molecular weight is 449 g/mol. The summed E-state index contributed by atoms with van der Waals surface area (Å²) in [6, 6.07) is 0. The van der Waals surface area contributed by atoms with Gasteiger partial charge in [0.2, 0.25) is 0 Å². The van der Waals surface area contributed by atoms with E-state index >= 15 is 0 Å². The van der Waals surface area contributed by atoms with Crippen LogP contribution in [0.15, 0.2) is 0 Å². The first-order chi connectivity index (χ1) is 15.3. The van der Waals surface area contributed by atoms with Crippen molar-refractivity contribution in [1.29, 1.82) is 0 Å². The summed E-state index contributed by atoms with van der Waals surface area (Å²) in [4.78, 5) is 2.41. The second-order valence-electron chi connectivity index (χ2n) is 11.0. The largest absolute Gasteiger partial charge is 0.381 e. The maximum Gasteiger partial charge on any atom is 0.0802 e. The number of aryl methyl sites for hydroxylation is 1. The Kier molecular flexibility index (Phi) is 9.19. The summed E-state index contributed by atoms with van der Waals surface area (Å²) in [6.07, 6.45) is 7.15. The molecule has 3 rings (SSSR count). The van der Waals surface area contributed by atoms with Crippen molar-refractivity contribution in [2.75, 3.05) is 53.6 Å². The lowest BCUT2D eigenvalue weighted by Crippen LogP contribution is -2.37. The van der Waals surface area contributed by atoms with Gasteiger partial charge < -0.3 is 14.8 Å². The van der Waals surface area contributed by atoms with Gasteiger partial charge in [-0.1, -0.05) is 13.8 Å². The zero-order valence-electron chi connectivity index (χ0n) is 21.6. The Balaban J connectivity index is 1.82. The molecule has 32 heavy (non-hydrogen) atoms. The van der Waals surface area contributed by atoms with E-state index in [0.717, 1.165) is 59.0 Å². The highest BCUT2D eigenvalue weighted by Gasteiger charge is 2.40. The fourth-order valence-corrected chi connectivity index (χ4v) is 5.60. The zero-order valence-corrected chi connectivity index (χ0v) is 21.6. The van der Waals surface area contributed by atoms with Crippen molar-refractivity contribution in [3.05, 3.63) is 17.0 Å². The molecule has 0 aromatic carbocycles. The lowest BCUT2D eigenvalue weighted by molar-refractivity contribution is -0.0396. The Morgan fingerprint density at radius 2 is 1.75 bits per heavy atom. The minimum atomic E-state index is 0.179. The molecule has 0 unspecified atom stereocenters. The van der Waals surface area contributed by atoms with E-state index < -0.39 is 0 Å². The van der Waals surface area contributed by atoms with Crippen LogP contribution in [0.25, 0.3) is 0 Å². The molecule has 6 heteroatoms. The van der Waals surface area contributed by atoms with Gasteiger partial charge in [-0.25, -0.2) is 0 Å². The molecule has 0 saturated heterocycles. The van der Waals surface area contributed by atoms with Gasteiger partial charge in [-0.3, -0.25) is 9.58 Å². The van der Waals surface area contributed by atoms with Gasteiger partial charge in [0.25, 0.3) is 0 Å². The van der Waals surface area contributed by atoms with Crippen LogP contribution in [-0.4, -0.2) is 68.3 Å². The Bertz CT molecular complexity index is 697. The second-order valence-corrected chi connectivity index (χ2v) is 11.0. The number of nitrogens with zero attached hydrogens (tertiary/aromatic N) is 3. The highest BCUT2D eigenvalue weighted by atomic mass is 16.5. The van der Waals surface area contributed by atoms with Crippen LogP contribution in [0, 0.1) is 10.8 Å². The molecular weight excluding hydrogens is 400 g/mol. The first kappa shape index (κ1) is 25.7. The summed E-state index contributed by atoms with van der Waals surface area (Å²) in [7, 11) is 4.24. The van der Waals surface area contributed by atoms with Gasteiger partial charge in [0.1, 0.15) is 0 Å². The molecule has 0 spiro atoms. The molecule has 0 amide bonds. The number of aromatic nitrogens is 2. The van der Waals surface area contributed by atoms with Crippen LogP contribution in [0.4, 0.5) is 0 Å². The number of ether oxygens (including phenoxy) is 2. The second kappa shape index (κ2) is 11.5. The van der Waals surface area contributed by atoms with E-state index in [1.807, 2.05) is 7.05 Å². The Hall–Kier alpha value is -0.950. The van der Waals surface area contributed by atoms with E-state index in [-0.39, 0.29) is 5.41 Å². The van der Waals surface area contributed by atoms with Crippen molar-refractivity contribution in [2.24, 2.45) is 10.8 Å². The number of likely N-dealkylation sites (N-methyl/N-ethyl adjacent to an activating group) is 2. The van der Waals surface area contributed by atoms with Gasteiger partial charge in [0.15, 0.2) is 0 Å². The predicted octanol–water partition coefficient (Wildman–Crippen LogP) is 4.22. The third kappa shape index (κ3) is 6.34. The molecule has 184 valence electrons. The van der Waals surface area contributed by atoms with E-state index in [0.29, 0.717) is 11.3 Å². The smallest absolute Gasteiger partial charge is 0.0802 e. The summed E-state index contributed by atoms with van der Waals surface area (Å²) in [5.41, 5.74) is 4.96. The van der Waals surface area contributed by atoms with Crippen LogP contribution in [0.1, 0.15) is 82.7 Å². The summed E-state index contributed by atoms with van der Waals surface area (Å²) in [5.74, 6) is 0.608. The molecule has 1 aliphatic carbocycles. The normalized spacial score (nSPS) is 20.6. The SMILES string of the molecule is CCOCC1(COCC)CCC(c2c(CN(C)CCNC)nn3c2CC(C)(C)CC3)CC1. The molecular formula is C26H48N4O2. The highest BCUT2D eigenvalue weighted by Crippen LogP contribution is 2.47. The number of hydrogen-bond donors (Lipinski definition) is 1. The van der Waals surface area contributed by atoms with Gasteiger partial charge in [-0.05, 0) is 77.8 Å². The topological polar surface area (TPSA) is 51.6 Å². The van der Waals surface area contributed by atoms with Gasteiger partial charge in [-0.2, -0.15) is 5.10 Å². The fourth-order valence-electron chi connectivity index (χ4n) is 5.60. The lowest BCUT2D eigenvalue weighted by Gasteiger charge is -2.40. The van der Waals surface area contributed by atoms with E-state index in [4.69, 9.17) is 14.6 Å². The monoisotopic (exact) mass is 448 g/mol. The zero-order chi connectivity index (χ0) is 23.2. The summed E-state index contributed by atoms with van der Waals surface area (Å²) < 4.78 is 14.2. The Morgan fingerprint density at radius 1 is 1.09 bits per heavy atom. The molecule has 1 aliphatic heterocycles. The van der Waals surface area contributed by atoms with E-state index in [1.54, 1.807) is 5.56 Å². The molecule has 2 heterocycles. The number of fused-ring (bicyclic) bond motifs is 1. The van der Waals surface area contributed by atoms with Crippen molar-refractivity contribution in [3.8, 4) is 0 Å². The quantitative estimate of drug-likeness (QED) is 0.519. The summed E-state index contributed by atoms with van der Waals surface area (Å²) >= 11 is 0. The van der Waals surface area contributed by atoms with Crippen LogP contribution in [0.5, 0.6) is 0 Å². The Morgan fingerprint density at radius 3 is 2.34 bits per heavy atom. The Labute approximate surface area is 196 Å². The minimum absolute atomic E-state index is 0.179. The molecule has 1 N–H and O–H groups in total. The average Bonchev–Trinajstić information content (AvgIpc) is 3.11. The molecule has 0 bridgehead atoms. The van der Waals surface area contributed by atoms with Crippen LogP contribution >= 0.6 is 0 Å². The highest BCUT2D eigenvalue weighted by molar-refractivity contribution is 5.33. The molecule has 2 aliphatic rings. The minimum Gasteiger partial charge on any atom is -0.381 e. The van der Waals surface area contributed by atoms with Gasteiger partial charge in [0, 0.05) is 56.1 Å². The van der Waals surface area contributed by atoms with Gasteiger partial charge in [0.05, 0.1) is 18.9 Å². The standard InChI is InChI=1S/C26H48N4O2/c1-7-31-19-26(20-32-8-2)11-9-21(10-12-26)24-22(18-29(6)16-14-27-5)28-30-15-13-25(3,4)17-23(24)30/h21,27H,7-20H2,1-6H3. The predicted molar refractivity (Wildman–Crippen MR) is 131 cm³/mol. The van der Waals surface area contributed by atoms with E-state index in [1.165, 1.54) is 43.5 Å². The van der Waals surface area contributed by atoms with Crippen molar-refractivity contribution < 1.29 is 9.47 Å². The van der Waals surface area contributed by atoms with Crippen molar-refractivity contribution in [1.82, 2.24) is 20.0 Å². The number of rotatable bonds is 12. The van der Waals surface area contributed by atoms with E-state index in [9.17, 15) is 0 Å². The number of hydrogen-bond acceptors (Lipinski definition) is 5. The molecule has 0 radical (unpaired) electrons. The maximum atomic E-state index is 5.92. The molecule has 1 aromatic heterocycles. The first-order valence-corrected chi connectivity index (χ1v) is 12.9. The third-order valence-electron chi connectivity index (χ3n) is 7.66. The van der Waals surface area contributed by atoms with Crippen LogP contribution in [0.3, 0.4) is 0 Å². The first-order valence-electron chi connectivity index (χ1n) is 12.9. The van der Waals surface area contributed by atoms with Gasteiger partial charge in [-0.15, -0.1) is 0 Å². The van der Waals surface area contributed by atoms with Crippen LogP contribution in [-0.2, 0) is 29.0 Å². The summed E-state index contributed by atoms with van der Waals surface area (Å²) in [6.45, 7) is 16.3. The fraction of sp³-hybridized carbons (Fsp3) is 0.885. The van der Waals surface area contributed by atoms with Crippen molar-refractivity contribution in [3.63, 3.8) is 0 Å². The molecule has 1 aromatic rings. The summed E-state index contributed by atoms with van der Waals surface area (Å²) in [5, 5.41) is 8.45. The van der Waals surface area contributed by atoms with Crippen LogP contribution in [0.2, 0.25) is 0 Å². The van der Waals surface area contributed by atoms with Crippen LogP contribution < -0.4 is 5.32 Å². The third-order valence-corrected chi connectivity index (χ3v) is 7.66. The molecule has 0 atom stereocenters. The number of nitrogens with one attached hydrogen (secondary N) is 1. The van der Waals surface area contributed by atoms with Gasteiger partial charge >= 0.3 is 0 Å². The van der Waals surface area contributed by atoms with E-state index in [2.05, 4.69) is 49.6 Å². The van der Waals surface area contributed by atoms with Crippen molar-refractivity contribution >= 4 is 0 Å². The molecule has 1 saturated carbocycles. The molecule has 1 fully saturated rings. The molecule has 6 nitrogen and oxygen atoms in total. The maximum absolute atomic E-state index is 5.92. The van der Waals surface area contributed by atoms with Crippen molar-refractivity contribution in [2.45, 2.75) is 85.2 Å².